The standard InChI is InChI=1S/C10H9ClO4/c1-2-13-10(12)6-3-8-9(4-7(6)11)15-5-14-8/h3-4H,2,5H2,1H3. The van der Waals surface area contributed by atoms with Gasteiger partial charge in [0.25, 0.3) is 0 Å². The van der Waals surface area contributed by atoms with Crippen LogP contribution >= 0.6 is 11.6 Å². The third-order valence-electron chi connectivity index (χ3n) is 1.96. The molecule has 0 amide bonds. The molecule has 0 unspecified atom stereocenters. The van der Waals surface area contributed by atoms with Gasteiger partial charge in [0.15, 0.2) is 11.5 Å². The predicted molar refractivity (Wildman–Crippen MR) is 53.5 cm³/mol. The van der Waals surface area contributed by atoms with Gasteiger partial charge in [0.1, 0.15) is 0 Å². The van der Waals surface area contributed by atoms with Gasteiger partial charge in [-0.2, -0.15) is 0 Å². The molecule has 1 aromatic rings. The van der Waals surface area contributed by atoms with Crippen LogP contribution in [0, 0.1) is 0 Å². The van der Waals surface area contributed by atoms with E-state index >= 15 is 0 Å². The van der Waals surface area contributed by atoms with Crippen molar-refractivity contribution < 1.29 is 19.0 Å². The van der Waals surface area contributed by atoms with E-state index in [2.05, 4.69) is 0 Å². The van der Waals surface area contributed by atoms with Crippen LogP contribution in [0.3, 0.4) is 0 Å². The van der Waals surface area contributed by atoms with Crippen LogP contribution in [0.4, 0.5) is 0 Å². The minimum absolute atomic E-state index is 0.151. The quantitative estimate of drug-likeness (QED) is 0.729. The Morgan fingerprint density at radius 3 is 2.80 bits per heavy atom. The van der Waals surface area contributed by atoms with Gasteiger partial charge in [0.2, 0.25) is 6.79 Å². The topological polar surface area (TPSA) is 44.8 Å². The number of hydrogen-bond acceptors (Lipinski definition) is 4. The van der Waals surface area contributed by atoms with E-state index in [1.54, 1.807) is 13.0 Å². The Labute approximate surface area is 91.7 Å². The van der Waals surface area contributed by atoms with Crippen molar-refractivity contribution in [3.63, 3.8) is 0 Å². The molecule has 80 valence electrons. The highest BCUT2D eigenvalue weighted by Crippen LogP contribution is 2.36. The third-order valence-corrected chi connectivity index (χ3v) is 2.27. The van der Waals surface area contributed by atoms with Crippen LogP contribution < -0.4 is 9.47 Å². The van der Waals surface area contributed by atoms with Crippen LogP contribution in [0.1, 0.15) is 17.3 Å². The number of esters is 1. The fourth-order valence-corrected chi connectivity index (χ4v) is 1.51. The van der Waals surface area contributed by atoms with E-state index in [0.29, 0.717) is 28.7 Å². The zero-order valence-corrected chi connectivity index (χ0v) is 8.84. The molecule has 0 N–H and O–H groups in total. The number of carbonyl (C=O) groups is 1. The highest BCUT2D eigenvalue weighted by molar-refractivity contribution is 6.33. The van der Waals surface area contributed by atoms with E-state index in [4.69, 9.17) is 25.8 Å². The first kappa shape index (κ1) is 10.1. The van der Waals surface area contributed by atoms with Gasteiger partial charge in [-0.25, -0.2) is 4.79 Å². The lowest BCUT2D eigenvalue weighted by Gasteiger charge is -2.05. The van der Waals surface area contributed by atoms with Crippen LogP contribution in [0.2, 0.25) is 5.02 Å². The number of fused-ring (bicyclic) bond motifs is 1. The second-order valence-corrected chi connectivity index (χ2v) is 3.31. The Morgan fingerprint density at radius 2 is 2.13 bits per heavy atom. The average molecular weight is 229 g/mol. The van der Waals surface area contributed by atoms with Crippen LogP contribution in [0.5, 0.6) is 11.5 Å². The lowest BCUT2D eigenvalue weighted by atomic mass is 10.2. The number of hydrogen-bond donors (Lipinski definition) is 0. The summed E-state index contributed by atoms with van der Waals surface area (Å²) in [5.41, 5.74) is 0.294. The van der Waals surface area contributed by atoms with Gasteiger partial charge in [-0.1, -0.05) is 11.6 Å². The summed E-state index contributed by atoms with van der Waals surface area (Å²) in [6, 6.07) is 3.08. The molecule has 0 saturated heterocycles. The van der Waals surface area contributed by atoms with Gasteiger partial charge < -0.3 is 14.2 Å². The first-order valence-corrected chi connectivity index (χ1v) is 4.86. The summed E-state index contributed by atoms with van der Waals surface area (Å²) >= 11 is 5.90. The molecule has 0 bridgehead atoms. The molecule has 1 aliphatic heterocycles. The summed E-state index contributed by atoms with van der Waals surface area (Å²) in [7, 11) is 0. The van der Waals surface area contributed by atoms with Gasteiger partial charge in [-0.3, -0.25) is 0 Å². The molecule has 0 radical (unpaired) electrons. The molecule has 0 saturated carbocycles. The molecule has 1 aliphatic rings. The van der Waals surface area contributed by atoms with Crippen molar-refractivity contribution in [2.45, 2.75) is 6.92 Å². The van der Waals surface area contributed by atoms with Crippen molar-refractivity contribution in [2.75, 3.05) is 13.4 Å². The van der Waals surface area contributed by atoms with Crippen LogP contribution in [-0.2, 0) is 4.74 Å². The second-order valence-electron chi connectivity index (χ2n) is 2.91. The number of carbonyl (C=O) groups excluding carboxylic acids is 1. The second kappa shape index (κ2) is 3.98. The Balaban J connectivity index is 2.36. The van der Waals surface area contributed by atoms with E-state index in [0.717, 1.165) is 0 Å². The number of ether oxygens (including phenoxy) is 3. The van der Waals surface area contributed by atoms with Crippen LogP contribution in [-0.4, -0.2) is 19.4 Å². The number of rotatable bonds is 2. The van der Waals surface area contributed by atoms with Crippen molar-refractivity contribution in [1.82, 2.24) is 0 Å². The lowest BCUT2D eigenvalue weighted by molar-refractivity contribution is 0.0526. The van der Waals surface area contributed by atoms with Gasteiger partial charge >= 0.3 is 5.97 Å². The summed E-state index contributed by atoms with van der Waals surface area (Å²) < 4.78 is 15.1. The van der Waals surface area contributed by atoms with Crippen molar-refractivity contribution >= 4 is 17.6 Å². The maximum absolute atomic E-state index is 11.5. The summed E-state index contributed by atoms with van der Waals surface area (Å²) in [5.74, 6) is 0.608. The first-order chi connectivity index (χ1) is 7.22. The highest BCUT2D eigenvalue weighted by Gasteiger charge is 2.20. The van der Waals surface area contributed by atoms with E-state index in [1.807, 2.05) is 0 Å². The molecule has 2 rings (SSSR count). The summed E-state index contributed by atoms with van der Waals surface area (Å²) in [6.45, 7) is 2.19. The monoisotopic (exact) mass is 228 g/mol. The molecule has 1 aromatic carbocycles. The Morgan fingerprint density at radius 1 is 1.47 bits per heavy atom. The zero-order chi connectivity index (χ0) is 10.8. The maximum atomic E-state index is 11.5. The van der Waals surface area contributed by atoms with Gasteiger partial charge in [0.05, 0.1) is 17.2 Å². The summed E-state index contributed by atoms with van der Waals surface area (Å²) in [5, 5.41) is 0.303. The molecule has 0 aliphatic carbocycles. The molecular formula is C10H9ClO4. The van der Waals surface area contributed by atoms with Crippen molar-refractivity contribution in [3.8, 4) is 11.5 Å². The lowest BCUT2D eigenvalue weighted by Crippen LogP contribution is -2.05. The normalized spacial score (nSPS) is 12.7. The van der Waals surface area contributed by atoms with Gasteiger partial charge in [-0.15, -0.1) is 0 Å². The van der Waals surface area contributed by atoms with E-state index in [1.165, 1.54) is 6.07 Å². The first-order valence-electron chi connectivity index (χ1n) is 4.48. The van der Waals surface area contributed by atoms with Crippen molar-refractivity contribution in [2.24, 2.45) is 0 Å². The minimum Gasteiger partial charge on any atom is -0.462 e. The number of benzene rings is 1. The van der Waals surface area contributed by atoms with Crippen molar-refractivity contribution in [3.05, 3.63) is 22.7 Å². The van der Waals surface area contributed by atoms with Crippen LogP contribution in [0.15, 0.2) is 12.1 Å². The molecule has 0 fully saturated rings. The van der Waals surface area contributed by atoms with E-state index in [9.17, 15) is 4.79 Å². The average Bonchev–Trinajstić information content (AvgIpc) is 2.63. The fraction of sp³-hybridized carbons (Fsp3) is 0.300. The third kappa shape index (κ3) is 1.85. The van der Waals surface area contributed by atoms with E-state index < -0.39 is 5.97 Å². The highest BCUT2D eigenvalue weighted by atomic mass is 35.5. The van der Waals surface area contributed by atoms with Gasteiger partial charge in [-0.05, 0) is 6.92 Å². The molecule has 1 heterocycles. The fourth-order valence-electron chi connectivity index (χ4n) is 1.28. The maximum Gasteiger partial charge on any atom is 0.339 e. The molecule has 4 nitrogen and oxygen atoms in total. The summed E-state index contributed by atoms with van der Waals surface area (Å²) in [4.78, 5) is 11.5. The predicted octanol–water partition coefficient (Wildman–Crippen LogP) is 2.25. The Bertz CT molecular complexity index is 403. The number of halogens is 1. The SMILES string of the molecule is CCOC(=O)c1cc2c(cc1Cl)OCO2. The van der Waals surface area contributed by atoms with Crippen LogP contribution in [0.25, 0.3) is 0 Å². The zero-order valence-electron chi connectivity index (χ0n) is 8.08. The van der Waals surface area contributed by atoms with E-state index in [-0.39, 0.29) is 6.79 Å². The molecule has 0 aromatic heterocycles. The largest absolute Gasteiger partial charge is 0.462 e. The molecule has 0 spiro atoms. The Hall–Kier alpha value is -1.42. The molecule has 0 atom stereocenters. The summed E-state index contributed by atoms with van der Waals surface area (Å²) in [6.07, 6.45) is 0. The molecule has 15 heavy (non-hydrogen) atoms. The Kier molecular flexibility index (Phi) is 2.68. The van der Waals surface area contributed by atoms with Crippen molar-refractivity contribution in [1.29, 1.82) is 0 Å². The van der Waals surface area contributed by atoms with Gasteiger partial charge in [0, 0.05) is 12.1 Å². The minimum atomic E-state index is -0.458. The molecular weight excluding hydrogens is 220 g/mol. The smallest absolute Gasteiger partial charge is 0.339 e. The molecule has 5 heteroatoms.